The molecule has 0 heterocycles. The van der Waals surface area contributed by atoms with Crippen molar-refractivity contribution in [1.82, 2.24) is 0 Å². The molecule has 0 saturated carbocycles. The van der Waals surface area contributed by atoms with Gasteiger partial charge in [0.25, 0.3) is 0 Å². The third-order valence-electron chi connectivity index (χ3n) is 1.57. The molecule has 0 radical (unpaired) electrons. The number of nitrogens with zero attached hydrogens (tertiary/aromatic N) is 2. The maximum absolute atomic E-state index is 11.3. The molecule has 0 unspecified atom stereocenters. The maximum Gasteiger partial charge on any atom is 0.399 e. The molecule has 0 fully saturated rings. The van der Waals surface area contributed by atoms with Crippen molar-refractivity contribution in [2.45, 2.75) is 6.92 Å². The van der Waals surface area contributed by atoms with Crippen LogP contribution in [0.2, 0.25) is 0 Å². The molecule has 0 spiro atoms. The van der Waals surface area contributed by atoms with Crippen molar-refractivity contribution in [2.75, 3.05) is 6.61 Å². The number of halogens is 1. The van der Waals surface area contributed by atoms with Gasteiger partial charge in [-0.1, -0.05) is 0 Å². The van der Waals surface area contributed by atoms with Gasteiger partial charge in [0.05, 0.1) is 12.2 Å². The topological polar surface area (TPSA) is 54.5 Å². The van der Waals surface area contributed by atoms with Crippen LogP contribution < -0.4 is 0 Å². The number of esters is 1. The van der Waals surface area contributed by atoms with E-state index < -0.39 is 5.97 Å². The van der Waals surface area contributed by atoms with E-state index in [9.17, 15) is 4.79 Å². The van der Waals surface area contributed by atoms with Gasteiger partial charge in [0.2, 0.25) is 5.39 Å². The first-order chi connectivity index (χ1) is 6.69. The normalized spacial score (nSPS) is 9.21. The van der Waals surface area contributed by atoms with Crippen molar-refractivity contribution in [1.29, 1.82) is 5.39 Å². The molecule has 0 aliphatic heterocycles. The number of carbonyl (C=O) groups is 1. The Kier molecular flexibility index (Phi) is 3.60. The van der Waals surface area contributed by atoms with Crippen molar-refractivity contribution in [3.05, 3.63) is 33.2 Å². The Morgan fingerprint density at radius 1 is 1.64 bits per heavy atom. The summed E-state index contributed by atoms with van der Waals surface area (Å²) in [6, 6.07) is 4.61. The van der Waals surface area contributed by atoms with Crippen LogP contribution in [0.25, 0.3) is 4.98 Å². The minimum absolute atomic E-state index is 0.336. The quantitative estimate of drug-likeness (QED) is 0.603. The lowest BCUT2D eigenvalue weighted by atomic mass is 10.2. The zero-order valence-electron chi connectivity index (χ0n) is 7.53. The molecule has 0 aliphatic carbocycles. The highest BCUT2D eigenvalue weighted by Gasteiger charge is 2.15. The second kappa shape index (κ2) is 4.72. The van der Waals surface area contributed by atoms with Crippen molar-refractivity contribution in [2.24, 2.45) is 0 Å². The van der Waals surface area contributed by atoms with Crippen molar-refractivity contribution >= 4 is 27.6 Å². The fourth-order valence-corrected chi connectivity index (χ4v) is 1.39. The molecular formula is C9H8BrN2O2+. The van der Waals surface area contributed by atoms with Crippen molar-refractivity contribution in [3.63, 3.8) is 0 Å². The van der Waals surface area contributed by atoms with Crippen LogP contribution >= 0.6 is 15.9 Å². The molecule has 0 bridgehead atoms. The Balaban J connectivity index is 2.98. The molecule has 72 valence electrons. The molecule has 1 aromatic carbocycles. The summed E-state index contributed by atoms with van der Waals surface area (Å²) in [7, 11) is 0. The third kappa shape index (κ3) is 2.30. The number of diazo groups is 1. The van der Waals surface area contributed by atoms with E-state index in [1.165, 1.54) is 12.1 Å². The molecule has 4 nitrogen and oxygen atoms in total. The first-order valence-corrected chi connectivity index (χ1v) is 4.80. The minimum atomic E-state index is -0.391. The minimum Gasteiger partial charge on any atom is -0.462 e. The average Bonchev–Trinajstić information content (AvgIpc) is 2.18. The molecule has 5 heteroatoms. The summed E-state index contributed by atoms with van der Waals surface area (Å²) in [5.74, 6) is -0.391. The van der Waals surface area contributed by atoms with Gasteiger partial charge in [-0.25, -0.2) is 4.79 Å². The summed E-state index contributed by atoms with van der Waals surface area (Å²) in [6.45, 7) is 2.08. The largest absolute Gasteiger partial charge is 0.462 e. The van der Waals surface area contributed by atoms with Crippen LogP contribution in [0.5, 0.6) is 0 Å². The van der Waals surface area contributed by atoms with Crippen LogP contribution in [0.4, 0.5) is 5.69 Å². The summed E-state index contributed by atoms with van der Waals surface area (Å²) in [5.41, 5.74) is 0.796. The monoisotopic (exact) mass is 255 g/mol. The lowest BCUT2D eigenvalue weighted by molar-refractivity contribution is 0.0526. The van der Waals surface area contributed by atoms with Gasteiger partial charge < -0.3 is 4.74 Å². The summed E-state index contributed by atoms with van der Waals surface area (Å²) >= 11 is 3.17. The van der Waals surface area contributed by atoms with Gasteiger partial charge in [0.1, 0.15) is 4.47 Å². The van der Waals surface area contributed by atoms with E-state index in [1.807, 2.05) is 0 Å². The fraction of sp³-hybridized carbons (Fsp3) is 0.222. The maximum atomic E-state index is 11.3. The Labute approximate surface area is 89.6 Å². The second-order valence-electron chi connectivity index (χ2n) is 2.49. The van der Waals surface area contributed by atoms with Gasteiger partial charge in [0.15, 0.2) is 4.98 Å². The molecule has 0 aromatic heterocycles. The van der Waals surface area contributed by atoms with Crippen LogP contribution in [-0.2, 0) is 4.74 Å². The van der Waals surface area contributed by atoms with Crippen LogP contribution in [0.3, 0.4) is 0 Å². The number of hydrogen-bond acceptors (Lipinski definition) is 3. The molecule has 1 aromatic rings. The average molecular weight is 256 g/mol. The van der Waals surface area contributed by atoms with Crippen LogP contribution in [-0.4, -0.2) is 12.6 Å². The SMILES string of the molecule is CCOC(=O)c1ccc([N+]#N)c(Br)c1. The predicted octanol–water partition coefficient (Wildman–Crippen LogP) is 3.11. The summed E-state index contributed by atoms with van der Waals surface area (Å²) in [4.78, 5) is 14.3. The van der Waals surface area contributed by atoms with E-state index in [4.69, 9.17) is 10.1 Å². The van der Waals surface area contributed by atoms with Crippen molar-refractivity contribution in [3.8, 4) is 0 Å². The van der Waals surface area contributed by atoms with Gasteiger partial charge in [-0.3, -0.25) is 0 Å². The first kappa shape index (κ1) is 10.7. The Hall–Kier alpha value is -1.41. The van der Waals surface area contributed by atoms with Gasteiger partial charge in [-0.15, -0.1) is 0 Å². The highest BCUT2D eigenvalue weighted by Crippen LogP contribution is 2.26. The van der Waals surface area contributed by atoms with Gasteiger partial charge >= 0.3 is 11.7 Å². The molecule has 0 atom stereocenters. The first-order valence-electron chi connectivity index (χ1n) is 4.00. The zero-order chi connectivity index (χ0) is 10.6. The van der Waals surface area contributed by atoms with E-state index in [1.54, 1.807) is 13.0 Å². The Morgan fingerprint density at radius 3 is 2.86 bits per heavy atom. The molecule has 14 heavy (non-hydrogen) atoms. The smallest absolute Gasteiger partial charge is 0.399 e. The van der Waals surface area contributed by atoms with Crippen LogP contribution in [0, 0.1) is 5.39 Å². The van der Waals surface area contributed by atoms with Gasteiger partial charge in [-0.05, 0) is 35.0 Å². The number of ether oxygens (including phenoxy) is 1. The Morgan fingerprint density at radius 2 is 2.36 bits per heavy atom. The second-order valence-corrected chi connectivity index (χ2v) is 3.34. The molecule has 1 rings (SSSR count). The summed E-state index contributed by atoms with van der Waals surface area (Å²) < 4.78 is 5.35. The number of carbonyl (C=O) groups excluding carboxylic acids is 1. The van der Waals surface area contributed by atoms with Crippen LogP contribution in [0.1, 0.15) is 17.3 Å². The van der Waals surface area contributed by atoms with E-state index in [2.05, 4.69) is 20.9 Å². The summed E-state index contributed by atoms with van der Waals surface area (Å²) in [6.07, 6.45) is 0. The fourth-order valence-electron chi connectivity index (χ4n) is 0.929. The van der Waals surface area contributed by atoms with E-state index >= 15 is 0 Å². The molecular weight excluding hydrogens is 248 g/mol. The van der Waals surface area contributed by atoms with E-state index in [0.717, 1.165) is 0 Å². The lowest BCUT2D eigenvalue weighted by Gasteiger charge is -1.99. The predicted molar refractivity (Wildman–Crippen MR) is 54.8 cm³/mol. The lowest BCUT2D eigenvalue weighted by Crippen LogP contribution is -2.03. The van der Waals surface area contributed by atoms with Gasteiger partial charge in [-0.2, -0.15) is 0 Å². The third-order valence-corrected chi connectivity index (χ3v) is 2.20. The molecule has 0 saturated heterocycles. The number of benzene rings is 1. The highest BCUT2D eigenvalue weighted by atomic mass is 79.9. The zero-order valence-corrected chi connectivity index (χ0v) is 9.11. The molecule has 0 amide bonds. The summed E-state index contributed by atoms with van der Waals surface area (Å²) in [5, 5.41) is 8.53. The molecule has 0 N–H and O–H groups in total. The van der Waals surface area contributed by atoms with E-state index in [0.29, 0.717) is 22.3 Å². The van der Waals surface area contributed by atoms with Gasteiger partial charge in [0, 0.05) is 6.07 Å². The number of hydrogen-bond donors (Lipinski definition) is 0. The van der Waals surface area contributed by atoms with Crippen molar-refractivity contribution < 1.29 is 9.53 Å². The van der Waals surface area contributed by atoms with Crippen LogP contribution in [0.15, 0.2) is 22.7 Å². The highest BCUT2D eigenvalue weighted by molar-refractivity contribution is 9.10. The Bertz CT molecular complexity index is 398. The van der Waals surface area contributed by atoms with E-state index in [-0.39, 0.29) is 0 Å². The standard InChI is InChI=1S/C9H8BrN2O2/c1-2-14-9(13)6-3-4-8(12-11)7(10)5-6/h3-5H,2H2,1H3/q+1. The number of rotatable bonds is 2. The molecule has 0 aliphatic rings.